The average molecular weight is 523 g/mol. The van der Waals surface area contributed by atoms with E-state index in [1.165, 1.54) is 81.8 Å². The minimum absolute atomic E-state index is 0.0395. The van der Waals surface area contributed by atoms with Crippen molar-refractivity contribution in [3.8, 4) is 0 Å². The second kappa shape index (κ2) is 8.58. The second-order valence-corrected chi connectivity index (χ2v) is 11.1. The lowest BCUT2D eigenvalue weighted by Crippen LogP contribution is -2.05. The van der Waals surface area contributed by atoms with Crippen LogP contribution in [0, 0.1) is 0 Å². The SMILES string of the molecule is c1ccc(C(c2cccc3ccc4c5ccccc5[nH]c4c23)c2cccc3ccc4c5ccccc5[nH]c4c23)cc1. The quantitative estimate of drug-likeness (QED) is 0.216. The number of aromatic nitrogens is 2. The van der Waals surface area contributed by atoms with Crippen molar-refractivity contribution in [2.45, 2.75) is 5.92 Å². The molecule has 2 heterocycles. The van der Waals surface area contributed by atoms with Crippen molar-refractivity contribution in [3.05, 3.63) is 156 Å². The Balaban J connectivity index is 1.44. The average Bonchev–Trinajstić information content (AvgIpc) is 3.60. The summed E-state index contributed by atoms with van der Waals surface area (Å²) in [5.41, 5.74) is 8.66. The lowest BCUT2D eigenvalue weighted by Gasteiger charge is -2.23. The van der Waals surface area contributed by atoms with Crippen LogP contribution in [0.3, 0.4) is 0 Å². The molecular weight excluding hydrogens is 496 g/mol. The minimum Gasteiger partial charge on any atom is -0.354 e. The summed E-state index contributed by atoms with van der Waals surface area (Å²) < 4.78 is 0. The number of aromatic amines is 2. The normalized spacial score (nSPS) is 12.1. The van der Waals surface area contributed by atoms with Crippen LogP contribution in [0.2, 0.25) is 0 Å². The predicted octanol–water partition coefficient (Wildman–Crippen LogP) is 10.4. The first-order valence-corrected chi connectivity index (χ1v) is 14.2. The van der Waals surface area contributed by atoms with Crippen LogP contribution in [0.5, 0.6) is 0 Å². The van der Waals surface area contributed by atoms with E-state index in [-0.39, 0.29) is 5.92 Å². The van der Waals surface area contributed by atoms with Crippen molar-refractivity contribution >= 4 is 65.2 Å². The molecule has 0 amide bonds. The number of H-pyrrole nitrogens is 2. The van der Waals surface area contributed by atoms with Crippen LogP contribution in [-0.4, -0.2) is 9.97 Å². The molecule has 41 heavy (non-hydrogen) atoms. The molecule has 0 unspecified atom stereocenters. The fourth-order valence-electron chi connectivity index (χ4n) is 7.10. The van der Waals surface area contributed by atoms with Gasteiger partial charge in [-0.3, -0.25) is 0 Å². The molecule has 2 nitrogen and oxygen atoms in total. The molecular formula is C39H26N2. The fourth-order valence-corrected chi connectivity index (χ4v) is 7.10. The van der Waals surface area contributed by atoms with Crippen molar-refractivity contribution in [2.24, 2.45) is 0 Å². The molecule has 0 saturated carbocycles. The van der Waals surface area contributed by atoms with Gasteiger partial charge in [0.2, 0.25) is 0 Å². The first kappa shape index (κ1) is 22.5. The van der Waals surface area contributed by atoms with Gasteiger partial charge in [0.25, 0.3) is 0 Å². The van der Waals surface area contributed by atoms with Gasteiger partial charge in [-0.05, 0) is 39.6 Å². The van der Waals surface area contributed by atoms with E-state index >= 15 is 0 Å². The molecule has 2 N–H and O–H groups in total. The summed E-state index contributed by atoms with van der Waals surface area (Å²) in [6.07, 6.45) is 0. The van der Waals surface area contributed by atoms with Crippen molar-refractivity contribution in [1.29, 1.82) is 0 Å². The Morgan fingerprint density at radius 1 is 0.366 bits per heavy atom. The van der Waals surface area contributed by atoms with Crippen molar-refractivity contribution in [1.82, 2.24) is 9.97 Å². The van der Waals surface area contributed by atoms with E-state index in [0.717, 1.165) is 0 Å². The van der Waals surface area contributed by atoms with Gasteiger partial charge >= 0.3 is 0 Å². The third-order valence-corrected chi connectivity index (χ3v) is 8.86. The van der Waals surface area contributed by atoms with E-state index in [1.807, 2.05) is 0 Å². The molecule has 0 bridgehead atoms. The molecule has 7 aromatic carbocycles. The van der Waals surface area contributed by atoms with Gasteiger partial charge < -0.3 is 9.97 Å². The van der Waals surface area contributed by atoms with Gasteiger partial charge in [0, 0.05) is 49.3 Å². The van der Waals surface area contributed by atoms with E-state index in [1.54, 1.807) is 0 Å². The van der Waals surface area contributed by atoms with Crippen LogP contribution in [0.15, 0.2) is 140 Å². The van der Waals surface area contributed by atoms with E-state index in [0.29, 0.717) is 0 Å². The van der Waals surface area contributed by atoms with E-state index in [4.69, 9.17) is 0 Å². The zero-order valence-corrected chi connectivity index (χ0v) is 22.4. The molecule has 0 aliphatic carbocycles. The predicted molar refractivity (Wildman–Crippen MR) is 174 cm³/mol. The molecule has 2 heteroatoms. The maximum absolute atomic E-state index is 3.80. The highest BCUT2D eigenvalue weighted by Gasteiger charge is 2.24. The third kappa shape index (κ3) is 3.25. The number of nitrogens with one attached hydrogen (secondary N) is 2. The van der Waals surface area contributed by atoms with E-state index in [2.05, 4.69) is 149 Å². The van der Waals surface area contributed by atoms with Crippen LogP contribution in [-0.2, 0) is 0 Å². The summed E-state index contributed by atoms with van der Waals surface area (Å²) in [7, 11) is 0. The maximum atomic E-state index is 3.80. The number of rotatable bonds is 3. The zero-order chi connectivity index (χ0) is 26.9. The second-order valence-electron chi connectivity index (χ2n) is 11.1. The standard InChI is InChI=1S/C39H26N2/c1-2-10-24(11-3-1)35(31-16-8-12-25-20-22-29-27-14-4-6-18-33(27)40-38(29)36(25)31)32-17-9-13-26-21-23-30-28-15-5-7-19-34(28)41-39(30)37(26)32/h1-23,35,40-41H. The highest BCUT2D eigenvalue weighted by molar-refractivity contribution is 6.20. The number of para-hydroxylation sites is 2. The fraction of sp³-hybridized carbons (Fsp3) is 0.0256. The topological polar surface area (TPSA) is 31.6 Å². The summed E-state index contributed by atoms with van der Waals surface area (Å²) >= 11 is 0. The van der Waals surface area contributed by atoms with Crippen LogP contribution in [0.1, 0.15) is 22.6 Å². The smallest absolute Gasteiger partial charge is 0.0547 e. The summed E-state index contributed by atoms with van der Waals surface area (Å²) in [5, 5.41) is 10.1. The first-order chi connectivity index (χ1) is 20.3. The van der Waals surface area contributed by atoms with Gasteiger partial charge in [0.1, 0.15) is 0 Å². The first-order valence-electron chi connectivity index (χ1n) is 14.2. The zero-order valence-electron chi connectivity index (χ0n) is 22.4. The highest BCUT2D eigenvalue weighted by Crippen LogP contribution is 2.44. The number of benzene rings is 7. The maximum Gasteiger partial charge on any atom is 0.0547 e. The minimum atomic E-state index is 0.0395. The van der Waals surface area contributed by atoms with Crippen molar-refractivity contribution in [2.75, 3.05) is 0 Å². The Kier molecular flexibility index (Phi) is 4.70. The molecule has 0 spiro atoms. The third-order valence-electron chi connectivity index (χ3n) is 8.86. The Hall–Kier alpha value is -5.34. The molecule has 0 radical (unpaired) electrons. The molecule has 9 aromatic rings. The van der Waals surface area contributed by atoms with Crippen LogP contribution >= 0.6 is 0 Å². The molecule has 0 fully saturated rings. The molecule has 0 aliphatic heterocycles. The lowest BCUT2D eigenvalue weighted by atomic mass is 9.80. The Bertz CT molecular complexity index is 2270. The number of hydrogen-bond donors (Lipinski definition) is 2. The number of hydrogen-bond acceptors (Lipinski definition) is 0. The van der Waals surface area contributed by atoms with Gasteiger partial charge in [-0.2, -0.15) is 0 Å². The van der Waals surface area contributed by atoms with Crippen molar-refractivity contribution < 1.29 is 0 Å². The largest absolute Gasteiger partial charge is 0.354 e. The lowest BCUT2D eigenvalue weighted by molar-refractivity contribution is 1.00. The molecule has 2 aromatic heterocycles. The van der Waals surface area contributed by atoms with Crippen LogP contribution in [0.25, 0.3) is 65.2 Å². The Labute approximate surface area is 236 Å². The molecule has 192 valence electrons. The Morgan fingerprint density at radius 2 is 0.854 bits per heavy atom. The van der Waals surface area contributed by atoms with Crippen LogP contribution in [0.4, 0.5) is 0 Å². The Morgan fingerprint density at radius 3 is 1.39 bits per heavy atom. The van der Waals surface area contributed by atoms with E-state index < -0.39 is 0 Å². The van der Waals surface area contributed by atoms with Gasteiger partial charge in [0.15, 0.2) is 0 Å². The van der Waals surface area contributed by atoms with Crippen LogP contribution < -0.4 is 0 Å². The molecule has 9 rings (SSSR count). The summed E-state index contributed by atoms with van der Waals surface area (Å²) in [6.45, 7) is 0. The van der Waals surface area contributed by atoms with E-state index in [9.17, 15) is 0 Å². The van der Waals surface area contributed by atoms with Gasteiger partial charge in [0.05, 0.1) is 11.0 Å². The molecule has 0 atom stereocenters. The molecule has 0 saturated heterocycles. The van der Waals surface area contributed by atoms with Gasteiger partial charge in [-0.1, -0.05) is 127 Å². The highest BCUT2D eigenvalue weighted by atomic mass is 14.7. The summed E-state index contributed by atoms with van der Waals surface area (Å²) in [5.74, 6) is 0.0395. The molecule has 0 aliphatic rings. The monoisotopic (exact) mass is 522 g/mol. The summed E-state index contributed by atoms with van der Waals surface area (Å²) in [4.78, 5) is 7.60. The summed E-state index contributed by atoms with van der Waals surface area (Å²) in [6, 6.07) is 50.9. The number of fused-ring (bicyclic) bond motifs is 10. The van der Waals surface area contributed by atoms with Gasteiger partial charge in [-0.25, -0.2) is 0 Å². The van der Waals surface area contributed by atoms with Crippen molar-refractivity contribution in [3.63, 3.8) is 0 Å². The van der Waals surface area contributed by atoms with Gasteiger partial charge in [-0.15, -0.1) is 0 Å².